The van der Waals surface area contributed by atoms with Gasteiger partial charge in [0.1, 0.15) is 12.3 Å². The maximum Gasteiger partial charge on any atom is 0.343 e. The number of carbonyl (C=O) groups excluding carboxylic acids is 2. The number of carboxylic acids is 2. The van der Waals surface area contributed by atoms with Crippen molar-refractivity contribution < 1.29 is 44.0 Å². The van der Waals surface area contributed by atoms with Gasteiger partial charge in [-0.05, 0) is 72.5 Å². The second kappa shape index (κ2) is 12.1. The average molecular weight is 563 g/mol. The first-order valence-electron chi connectivity index (χ1n) is 12.3. The molecule has 4 rings (SSSR count). The molecule has 0 radical (unpaired) electrons. The summed E-state index contributed by atoms with van der Waals surface area (Å²) in [5.74, 6) is -4.86. The molecule has 0 saturated carbocycles. The number of amides is 1. The largest absolute Gasteiger partial charge is 0.508 e. The van der Waals surface area contributed by atoms with Crippen LogP contribution in [0.15, 0.2) is 54.6 Å². The molecule has 0 atom stereocenters. The molecule has 13 nitrogen and oxygen atoms in total. The van der Waals surface area contributed by atoms with Gasteiger partial charge in [0.25, 0.3) is 5.91 Å². The van der Waals surface area contributed by atoms with Crippen LogP contribution in [0.4, 0.5) is 5.69 Å². The van der Waals surface area contributed by atoms with Crippen LogP contribution in [0.3, 0.4) is 0 Å². The number of hydrogen-bond acceptors (Lipinski definition) is 8. The van der Waals surface area contributed by atoms with E-state index in [1.54, 1.807) is 12.1 Å². The number of fused-ring (bicyclic) bond motifs is 2. The predicted molar refractivity (Wildman–Crippen MR) is 145 cm³/mol. The predicted octanol–water partition coefficient (Wildman–Crippen LogP) is 2.67. The van der Waals surface area contributed by atoms with Crippen LogP contribution >= 0.6 is 0 Å². The third kappa shape index (κ3) is 6.89. The molecular weight excluding hydrogens is 536 g/mol. The maximum absolute atomic E-state index is 13.6. The number of aryl methyl sites for hydroxylation is 1. The van der Waals surface area contributed by atoms with Crippen molar-refractivity contribution in [1.82, 2.24) is 4.90 Å². The van der Waals surface area contributed by atoms with Crippen LogP contribution in [0.1, 0.15) is 48.6 Å². The molecule has 3 aromatic carbocycles. The first kappa shape index (κ1) is 28.4. The Labute approximate surface area is 233 Å². The number of benzene rings is 3. The fraction of sp³-hybridized carbons (Fsp3) is 0.179. The number of aliphatic carboxylic acids is 1. The highest BCUT2D eigenvalue weighted by molar-refractivity contribution is 6.00. The van der Waals surface area contributed by atoms with Crippen LogP contribution in [0.25, 0.3) is 0 Å². The first-order valence-corrected chi connectivity index (χ1v) is 12.3. The molecule has 0 aromatic heterocycles. The molecule has 0 fully saturated rings. The van der Waals surface area contributed by atoms with Gasteiger partial charge < -0.3 is 40.7 Å². The van der Waals surface area contributed by atoms with Gasteiger partial charge in [0.15, 0.2) is 17.5 Å². The lowest BCUT2D eigenvalue weighted by atomic mass is 10.0. The molecule has 3 aromatic rings. The number of nitrogens with two attached hydrogens (primary N) is 1. The number of guanidine groups is 1. The number of nitrogens with zero attached hydrogens (tertiary/aromatic N) is 1. The van der Waals surface area contributed by atoms with Gasteiger partial charge in [0.2, 0.25) is 0 Å². The zero-order valence-electron chi connectivity index (χ0n) is 21.5. The Kier molecular flexibility index (Phi) is 8.37. The van der Waals surface area contributed by atoms with Gasteiger partial charge in [0.05, 0.1) is 23.3 Å². The van der Waals surface area contributed by atoms with Crippen molar-refractivity contribution in [2.45, 2.75) is 19.4 Å². The van der Waals surface area contributed by atoms with Gasteiger partial charge >= 0.3 is 17.9 Å². The Bertz CT molecular complexity index is 1550. The van der Waals surface area contributed by atoms with Gasteiger partial charge in [-0.3, -0.25) is 15.0 Å². The first-order chi connectivity index (χ1) is 19.5. The van der Waals surface area contributed by atoms with E-state index in [0.717, 1.165) is 11.0 Å². The minimum absolute atomic E-state index is 0.0540. The third-order valence-electron chi connectivity index (χ3n) is 6.06. The summed E-state index contributed by atoms with van der Waals surface area (Å²) in [7, 11) is 0. The van der Waals surface area contributed by atoms with Crippen molar-refractivity contribution in [2.75, 3.05) is 18.5 Å². The molecule has 1 heterocycles. The monoisotopic (exact) mass is 562 g/mol. The Morgan fingerprint density at radius 3 is 2.56 bits per heavy atom. The minimum atomic E-state index is -1.33. The number of para-hydroxylation sites is 1. The topological polar surface area (TPSA) is 213 Å². The molecule has 1 aliphatic rings. The van der Waals surface area contributed by atoms with E-state index in [4.69, 9.17) is 20.6 Å². The Morgan fingerprint density at radius 1 is 1.07 bits per heavy atom. The molecule has 212 valence electrons. The summed E-state index contributed by atoms with van der Waals surface area (Å²) in [6.07, 6.45) is 0.837. The summed E-state index contributed by atoms with van der Waals surface area (Å²) < 4.78 is 11.5. The number of phenols is 1. The van der Waals surface area contributed by atoms with Crippen LogP contribution in [0, 0.1) is 5.41 Å². The van der Waals surface area contributed by atoms with Crippen LogP contribution < -0.4 is 20.5 Å². The van der Waals surface area contributed by atoms with E-state index in [2.05, 4.69) is 5.32 Å². The van der Waals surface area contributed by atoms with Gasteiger partial charge in [0, 0.05) is 12.2 Å². The molecule has 7 N–H and O–H groups in total. The van der Waals surface area contributed by atoms with E-state index < -0.39 is 30.4 Å². The molecule has 1 aliphatic heterocycles. The number of ether oxygens (including phenoxy) is 2. The Morgan fingerprint density at radius 2 is 1.85 bits per heavy atom. The highest BCUT2D eigenvalue weighted by Crippen LogP contribution is 2.35. The molecule has 0 bridgehead atoms. The number of rotatable bonds is 7. The van der Waals surface area contributed by atoms with Crippen molar-refractivity contribution in [2.24, 2.45) is 5.73 Å². The third-order valence-corrected chi connectivity index (χ3v) is 6.06. The molecule has 41 heavy (non-hydrogen) atoms. The lowest BCUT2D eigenvalue weighted by Crippen LogP contribution is -2.35. The number of anilines is 1. The zero-order chi connectivity index (χ0) is 29.7. The molecule has 13 heteroatoms. The van der Waals surface area contributed by atoms with Crippen LogP contribution in [0.2, 0.25) is 0 Å². The van der Waals surface area contributed by atoms with Gasteiger partial charge in [-0.1, -0.05) is 6.07 Å². The quantitative estimate of drug-likeness (QED) is 0.107. The molecule has 1 amide bonds. The fourth-order valence-corrected chi connectivity index (χ4v) is 4.38. The number of aromatic carboxylic acids is 1. The maximum atomic E-state index is 13.6. The van der Waals surface area contributed by atoms with Gasteiger partial charge in [-0.2, -0.15) is 0 Å². The number of nitrogens with one attached hydrogen (secondary N) is 2. The average Bonchev–Trinajstić information content (AvgIpc) is 2.89. The van der Waals surface area contributed by atoms with E-state index in [-0.39, 0.29) is 58.6 Å². The summed E-state index contributed by atoms with van der Waals surface area (Å²) in [6.45, 7) is -0.969. The van der Waals surface area contributed by atoms with E-state index in [1.165, 1.54) is 36.4 Å². The van der Waals surface area contributed by atoms with Gasteiger partial charge in [-0.15, -0.1) is 0 Å². The number of esters is 1. The standard InChI is InChI=1S/C28H26N4O9/c29-28(30)31-18-6-7-20-16(11-18)3-2-8-40-24-21(4-1-5-22(24)41-27(20)39)25(36)32(14-23(34)35)13-15-9-17(26(37)38)12-19(33)10-15/h1,4-7,9-12,33H,2-3,8,13-14H2,(H,34,35)(H,37,38)(H4,29,30,31). The summed E-state index contributed by atoms with van der Waals surface area (Å²) >= 11 is 0. The van der Waals surface area contributed by atoms with E-state index in [0.29, 0.717) is 24.1 Å². The number of phenolic OH excluding ortho intramolecular Hbond substituents is 1. The lowest BCUT2D eigenvalue weighted by molar-refractivity contribution is -0.137. The number of carboxylic acid groups (broad SMARTS) is 2. The number of aromatic hydroxyl groups is 1. The van der Waals surface area contributed by atoms with Crippen molar-refractivity contribution in [3.8, 4) is 17.2 Å². The van der Waals surface area contributed by atoms with Crippen molar-refractivity contribution in [3.63, 3.8) is 0 Å². The van der Waals surface area contributed by atoms with Crippen LogP contribution in [-0.4, -0.2) is 63.1 Å². The molecule has 0 spiro atoms. The highest BCUT2D eigenvalue weighted by atomic mass is 16.6. The second-order valence-electron chi connectivity index (χ2n) is 9.13. The number of carbonyl (C=O) groups is 4. The summed E-state index contributed by atoms with van der Waals surface area (Å²) in [6, 6.07) is 12.6. The van der Waals surface area contributed by atoms with E-state index in [9.17, 15) is 34.5 Å². The lowest BCUT2D eigenvalue weighted by Gasteiger charge is -2.24. The molecule has 0 aliphatic carbocycles. The normalized spacial score (nSPS) is 12.5. The van der Waals surface area contributed by atoms with Crippen molar-refractivity contribution in [3.05, 3.63) is 82.4 Å². The van der Waals surface area contributed by atoms with Crippen molar-refractivity contribution >= 4 is 35.5 Å². The summed E-state index contributed by atoms with van der Waals surface area (Å²) in [5, 5.41) is 38.8. The summed E-state index contributed by atoms with van der Waals surface area (Å²) in [4.78, 5) is 50.8. The molecule has 0 unspecified atom stereocenters. The van der Waals surface area contributed by atoms with Crippen molar-refractivity contribution in [1.29, 1.82) is 5.41 Å². The van der Waals surface area contributed by atoms with Crippen LogP contribution in [-0.2, 0) is 17.8 Å². The Balaban J connectivity index is 1.67. The molecule has 0 saturated heterocycles. The van der Waals surface area contributed by atoms with Crippen LogP contribution in [0.5, 0.6) is 17.2 Å². The number of hydrogen-bond donors (Lipinski definition) is 6. The smallest absolute Gasteiger partial charge is 0.343 e. The second-order valence-corrected chi connectivity index (χ2v) is 9.13. The fourth-order valence-electron chi connectivity index (χ4n) is 4.38. The Hall–Kier alpha value is -5.59. The summed E-state index contributed by atoms with van der Waals surface area (Å²) in [5.41, 5.74) is 6.71. The highest BCUT2D eigenvalue weighted by Gasteiger charge is 2.27. The SMILES string of the molecule is N=C(N)Nc1ccc2c(c1)CCCOc1c(cccc1C(=O)N(CC(=O)O)Cc1cc(O)cc(C(=O)O)c1)OC2=O. The van der Waals surface area contributed by atoms with Gasteiger partial charge in [-0.25, -0.2) is 9.59 Å². The van der Waals surface area contributed by atoms with E-state index in [1.807, 2.05) is 0 Å². The minimum Gasteiger partial charge on any atom is -0.508 e. The van der Waals surface area contributed by atoms with E-state index >= 15 is 0 Å². The zero-order valence-corrected chi connectivity index (χ0v) is 21.5. The molecular formula is C28H26N4O9.